The lowest BCUT2D eigenvalue weighted by atomic mass is 10.1. The van der Waals surface area contributed by atoms with Gasteiger partial charge in [0.05, 0.1) is 16.5 Å². The lowest BCUT2D eigenvalue weighted by Gasteiger charge is -2.10. The minimum atomic E-state index is -0.943. The first-order valence-corrected chi connectivity index (χ1v) is 9.15. The van der Waals surface area contributed by atoms with Gasteiger partial charge in [0.2, 0.25) is 0 Å². The molecule has 3 aromatic rings. The van der Waals surface area contributed by atoms with Gasteiger partial charge in [-0.1, -0.05) is 29.3 Å². The molecule has 0 atom stereocenters. The highest BCUT2D eigenvalue weighted by atomic mass is 35.5. The summed E-state index contributed by atoms with van der Waals surface area (Å²) in [7, 11) is 0. The Morgan fingerprint density at radius 1 is 0.931 bits per heavy atom. The van der Waals surface area contributed by atoms with Crippen LogP contribution in [0.1, 0.15) is 15.9 Å². The van der Waals surface area contributed by atoms with Crippen LogP contribution in [-0.2, 0) is 11.2 Å². The highest BCUT2D eigenvalue weighted by Gasteiger charge is 2.10. The molecule has 3 aromatic carbocycles. The summed E-state index contributed by atoms with van der Waals surface area (Å²) in [6.07, 6.45) is -0.124. The van der Waals surface area contributed by atoms with Crippen molar-refractivity contribution in [1.82, 2.24) is 0 Å². The van der Waals surface area contributed by atoms with E-state index in [1.165, 1.54) is 18.2 Å². The van der Waals surface area contributed by atoms with E-state index in [1.807, 2.05) is 0 Å². The zero-order valence-electron chi connectivity index (χ0n) is 14.9. The number of hydrogen-bond donors (Lipinski definition) is 3. The molecule has 6 nitrogen and oxygen atoms in total. The minimum absolute atomic E-state index is 0.0904. The third kappa shape index (κ3) is 5.40. The van der Waals surface area contributed by atoms with E-state index in [0.29, 0.717) is 33.3 Å². The van der Waals surface area contributed by atoms with Crippen LogP contribution in [0.25, 0.3) is 0 Å². The number of carbonyl (C=O) groups excluding carboxylic acids is 1. The monoisotopic (exact) mass is 431 g/mol. The number of carboxylic acid groups (broad SMARTS) is 1. The maximum Gasteiger partial charge on any atom is 0.307 e. The highest BCUT2D eigenvalue weighted by molar-refractivity contribution is 6.32. The molecule has 3 rings (SSSR count). The Morgan fingerprint density at radius 2 is 1.66 bits per heavy atom. The van der Waals surface area contributed by atoms with Crippen molar-refractivity contribution in [3.63, 3.8) is 0 Å². The molecule has 3 N–H and O–H groups in total. The highest BCUT2D eigenvalue weighted by Crippen LogP contribution is 2.31. The number of ether oxygens (including phenoxy) is 1. The van der Waals surface area contributed by atoms with E-state index in [1.54, 1.807) is 42.5 Å². The number of nitrogens with one attached hydrogen (secondary N) is 1. The average Bonchev–Trinajstić information content (AvgIpc) is 2.67. The second-order valence-electron chi connectivity index (χ2n) is 6.08. The van der Waals surface area contributed by atoms with Crippen molar-refractivity contribution in [2.75, 3.05) is 5.32 Å². The van der Waals surface area contributed by atoms with Gasteiger partial charge in [-0.25, -0.2) is 0 Å². The third-order valence-electron chi connectivity index (χ3n) is 3.90. The van der Waals surface area contributed by atoms with Crippen LogP contribution in [0.3, 0.4) is 0 Å². The van der Waals surface area contributed by atoms with Gasteiger partial charge in [-0.2, -0.15) is 0 Å². The molecule has 29 heavy (non-hydrogen) atoms. The molecule has 0 bridgehead atoms. The molecule has 1 amide bonds. The van der Waals surface area contributed by atoms with E-state index in [4.69, 9.17) is 33.0 Å². The zero-order chi connectivity index (χ0) is 21.0. The SMILES string of the molecule is O=C(O)Cc1ccc(Oc2ccc(NC(=O)c3ccc(O)c(Cl)c3)cc2)c(Cl)c1. The topological polar surface area (TPSA) is 95.9 Å². The fraction of sp³-hybridized carbons (Fsp3) is 0.0476. The summed E-state index contributed by atoms with van der Waals surface area (Å²) in [5.41, 5.74) is 1.41. The van der Waals surface area contributed by atoms with Crippen LogP contribution >= 0.6 is 23.2 Å². The van der Waals surface area contributed by atoms with Crippen LogP contribution < -0.4 is 10.1 Å². The number of benzene rings is 3. The quantitative estimate of drug-likeness (QED) is 0.487. The van der Waals surface area contributed by atoms with E-state index in [2.05, 4.69) is 5.32 Å². The molecule has 0 spiro atoms. The predicted molar refractivity (Wildman–Crippen MR) is 110 cm³/mol. The second-order valence-corrected chi connectivity index (χ2v) is 6.90. The fourth-order valence-corrected chi connectivity index (χ4v) is 2.92. The number of aliphatic carboxylic acids is 1. The Hall–Kier alpha value is -3.22. The van der Waals surface area contributed by atoms with Crippen molar-refractivity contribution in [1.29, 1.82) is 0 Å². The smallest absolute Gasteiger partial charge is 0.307 e. The number of carbonyl (C=O) groups is 2. The molecule has 8 heteroatoms. The number of phenolic OH excluding ortho intramolecular Hbond substituents is 1. The maximum atomic E-state index is 12.3. The number of halogens is 2. The Balaban J connectivity index is 1.66. The lowest BCUT2D eigenvalue weighted by Crippen LogP contribution is -2.11. The van der Waals surface area contributed by atoms with Crippen LogP contribution in [0.15, 0.2) is 60.7 Å². The molecule has 0 aliphatic carbocycles. The Bertz CT molecular complexity index is 1070. The molecule has 0 aliphatic heterocycles. The molecular formula is C21H15Cl2NO5. The first-order valence-electron chi connectivity index (χ1n) is 8.40. The van der Waals surface area contributed by atoms with E-state index in [-0.39, 0.29) is 23.1 Å². The van der Waals surface area contributed by atoms with Gasteiger partial charge < -0.3 is 20.3 Å². The summed E-state index contributed by atoms with van der Waals surface area (Å²) in [6, 6.07) is 15.6. The number of carboxylic acids is 1. The number of aromatic hydroxyl groups is 1. The van der Waals surface area contributed by atoms with Gasteiger partial charge in [0, 0.05) is 11.3 Å². The van der Waals surface area contributed by atoms with E-state index in [0.717, 1.165) is 0 Å². The van der Waals surface area contributed by atoms with Crippen LogP contribution in [-0.4, -0.2) is 22.1 Å². The van der Waals surface area contributed by atoms with Gasteiger partial charge in [-0.05, 0) is 60.2 Å². The fourth-order valence-electron chi connectivity index (χ4n) is 2.50. The number of phenols is 1. The van der Waals surface area contributed by atoms with Gasteiger partial charge in [0.25, 0.3) is 5.91 Å². The normalized spacial score (nSPS) is 10.4. The van der Waals surface area contributed by atoms with Gasteiger partial charge in [-0.15, -0.1) is 0 Å². The Kier molecular flexibility index (Phi) is 6.26. The predicted octanol–water partition coefficient (Wildman–Crippen LogP) is 5.37. The van der Waals surface area contributed by atoms with Crippen LogP contribution in [0, 0.1) is 0 Å². The van der Waals surface area contributed by atoms with Crippen molar-refractivity contribution < 1.29 is 24.5 Å². The van der Waals surface area contributed by atoms with Crippen LogP contribution in [0.5, 0.6) is 17.2 Å². The van der Waals surface area contributed by atoms with E-state index in [9.17, 15) is 14.7 Å². The van der Waals surface area contributed by atoms with E-state index < -0.39 is 5.97 Å². The molecule has 0 fully saturated rings. The third-order valence-corrected chi connectivity index (χ3v) is 4.50. The molecule has 0 heterocycles. The van der Waals surface area contributed by atoms with Gasteiger partial charge >= 0.3 is 5.97 Å². The van der Waals surface area contributed by atoms with Crippen LogP contribution in [0.2, 0.25) is 10.0 Å². The molecule has 148 valence electrons. The van der Waals surface area contributed by atoms with Crippen LogP contribution in [0.4, 0.5) is 5.69 Å². The standard InChI is InChI=1S/C21H15Cl2NO5/c22-16-11-13(2-7-18(16)25)21(28)24-14-3-5-15(6-4-14)29-19-8-1-12(9-17(19)23)10-20(26)27/h1-9,11,25H,10H2,(H,24,28)(H,26,27). The molecule has 0 unspecified atom stereocenters. The second kappa shape index (κ2) is 8.86. The van der Waals surface area contributed by atoms with Crippen molar-refractivity contribution in [2.45, 2.75) is 6.42 Å². The van der Waals surface area contributed by atoms with Gasteiger partial charge in [0.15, 0.2) is 0 Å². The van der Waals surface area contributed by atoms with Crippen molar-refractivity contribution in [3.8, 4) is 17.2 Å². The van der Waals surface area contributed by atoms with E-state index >= 15 is 0 Å². The molecule has 0 radical (unpaired) electrons. The average molecular weight is 432 g/mol. The maximum absolute atomic E-state index is 12.3. The lowest BCUT2D eigenvalue weighted by molar-refractivity contribution is -0.136. The summed E-state index contributed by atoms with van der Waals surface area (Å²) in [4.78, 5) is 23.0. The summed E-state index contributed by atoms with van der Waals surface area (Å²) in [5.74, 6) is -0.543. The summed E-state index contributed by atoms with van der Waals surface area (Å²) in [5, 5.41) is 21.4. The number of anilines is 1. The summed E-state index contributed by atoms with van der Waals surface area (Å²) < 4.78 is 5.71. The minimum Gasteiger partial charge on any atom is -0.506 e. The molecule has 0 aromatic heterocycles. The van der Waals surface area contributed by atoms with Crippen molar-refractivity contribution in [2.24, 2.45) is 0 Å². The summed E-state index contributed by atoms with van der Waals surface area (Å²) >= 11 is 12.0. The van der Waals surface area contributed by atoms with Gasteiger partial charge in [0.1, 0.15) is 17.2 Å². The molecule has 0 saturated carbocycles. The summed E-state index contributed by atoms with van der Waals surface area (Å²) in [6.45, 7) is 0. The molecule has 0 saturated heterocycles. The first kappa shape index (κ1) is 20.5. The van der Waals surface area contributed by atoms with Gasteiger partial charge in [-0.3, -0.25) is 9.59 Å². The zero-order valence-corrected chi connectivity index (χ0v) is 16.4. The van der Waals surface area contributed by atoms with Crippen molar-refractivity contribution in [3.05, 3.63) is 81.8 Å². The largest absolute Gasteiger partial charge is 0.506 e. The Morgan fingerprint density at radius 3 is 2.28 bits per heavy atom. The number of amides is 1. The molecule has 0 aliphatic rings. The molecular weight excluding hydrogens is 417 g/mol. The number of rotatable bonds is 6. The first-order chi connectivity index (χ1) is 13.8. The number of hydrogen-bond acceptors (Lipinski definition) is 4. The van der Waals surface area contributed by atoms with Crippen molar-refractivity contribution >= 4 is 40.8 Å². The Labute approximate surface area is 176 Å².